The fourth-order valence-corrected chi connectivity index (χ4v) is 3.44. The summed E-state index contributed by atoms with van der Waals surface area (Å²) in [5.41, 5.74) is 3.77. The molecular weight excluding hydrogens is 316 g/mol. The van der Waals surface area contributed by atoms with E-state index in [1.807, 2.05) is 36.1 Å². The SMILES string of the molecule is Cc1cc(C)n([C@@H]2CCN(C(=O)c3ccc(-c4ncn[nH]4)cc3)C2)n1. The van der Waals surface area contributed by atoms with Gasteiger partial charge in [0, 0.05) is 29.9 Å². The van der Waals surface area contributed by atoms with E-state index in [4.69, 9.17) is 0 Å². The van der Waals surface area contributed by atoms with E-state index in [9.17, 15) is 4.79 Å². The number of nitrogens with one attached hydrogen (secondary N) is 1. The Morgan fingerprint density at radius 3 is 2.68 bits per heavy atom. The van der Waals surface area contributed by atoms with Gasteiger partial charge in [-0.1, -0.05) is 12.1 Å². The van der Waals surface area contributed by atoms with Gasteiger partial charge < -0.3 is 4.90 Å². The van der Waals surface area contributed by atoms with Gasteiger partial charge in [0.05, 0.1) is 11.7 Å². The lowest BCUT2D eigenvalue weighted by Crippen LogP contribution is -2.29. The molecule has 7 nitrogen and oxygen atoms in total. The number of aryl methyl sites for hydroxylation is 2. The summed E-state index contributed by atoms with van der Waals surface area (Å²) in [6.45, 7) is 5.51. The third-order valence-corrected chi connectivity index (χ3v) is 4.66. The Bertz CT molecular complexity index is 881. The van der Waals surface area contributed by atoms with E-state index in [-0.39, 0.29) is 11.9 Å². The molecule has 1 amide bonds. The molecule has 25 heavy (non-hydrogen) atoms. The largest absolute Gasteiger partial charge is 0.336 e. The zero-order chi connectivity index (χ0) is 17.4. The van der Waals surface area contributed by atoms with Crippen LogP contribution in [0.2, 0.25) is 0 Å². The van der Waals surface area contributed by atoms with Crippen molar-refractivity contribution in [3.8, 4) is 11.4 Å². The maximum atomic E-state index is 12.8. The third kappa shape index (κ3) is 2.93. The van der Waals surface area contributed by atoms with Crippen LogP contribution in [0.3, 0.4) is 0 Å². The number of aromatic amines is 1. The van der Waals surface area contributed by atoms with Gasteiger partial charge in [0.15, 0.2) is 5.82 Å². The highest BCUT2D eigenvalue weighted by Crippen LogP contribution is 2.25. The molecule has 1 N–H and O–H groups in total. The smallest absolute Gasteiger partial charge is 0.253 e. The Labute approximate surface area is 145 Å². The predicted octanol–water partition coefficient (Wildman–Crippen LogP) is 2.37. The first-order chi connectivity index (χ1) is 12.1. The quantitative estimate of drug-likeness (QED) is 0.796. The van der Waals surface area contributed by atoms with Gasteiger partial charge in [-0.15, -0.1) is 0 Å². The van der Waals surface area contributed by atoms with Crippen molar-refractivity contribution in [1.82, 2.24) is 29.9 Å². The molecule has 1 fully saturated rings. The molecule has 1 aliphatic heterocycles. The van der Waals surface area contributed by atoms with Crippen LogP contribution in [-0.4, -0.2) is 48.9 Å². The van der Waals surface area contributed by atoms with Crippen molar-refractivity contribution in [3.63, 3.8) is 0 Å². The van der Waals surface area contributed by atoms with Gasteiger partial charge in [-0.05, 0) is 38.5 Å². The normalized spacial score (nSPS) is 17.2. The number of amides is 1. The number of nitrogens with zero attached hydrogens (tertiary/aromatic N) is 5. The fraction of sp³-hybridized carbons (Fsp3) is 0.333. The Morgan fingerprint density at radius 1 is 1.24 bits per heavy atom. The van der Waals surface area contributed by atoms with Crippen LogP contribution in [-0.2, 0) is 0 Å². The van der Waals surface area contributed by atoms with E-state index in [1.54, 1.807) is 0 Å². The highest BCUT2D eigenvalue weighted by molar-refractivity contribution is 5.94. The zero-order valence-corrected chi connectivity index (χ0v) is 14.3. The monoisotopic (exact) mass is 336 g/mol. The summed E-state index contributed by atoms with van der Waals surface area (Å²) in [5.74, 6) is 0.762. The molecule has 0 spiro atoms. The maximum Gasteiger partial charge on any atom is 0.253 e. The average molecular weight is 336 g/mol. The van der Waals surface area contributed by atoms with E-state index < -0.39 is 0 Å². The van der Waals surface area contributed by atoms with Gasteiger partial charge >= 0.3 is 0 Å². The molecule has 0 radical (unpaired) electrons. The van der Waals surface area contributed by atoms with Crippen LogP contribution in [0.15, 0.2) is 36.7 Å². The number of hydrogen-bond donors (Lipinski definition) is 1. The lowest BCUT2D eigenvalue weighted by Gasteiger charge is -2.17. The zero-order valence-electron chi connectivity index (χ0n) is 14.3. The van der Waals surface area contributed by atoms with Crippen molar-refractivity contribution < 1.29 is 4.79 Å². The van der Waals surface area contributed by atoms with Gasteiger partial charge in [0.2, 0.25) is 0 Å². The van der Waals surface area contributed by atoms with Crippen LogP contribution in [0.5, 0.6) is 0 Å². The first-order valence-corrected chi connectivity index (χ1v) is 8.39. The highest BCUT2D eigenvalue weighted by Gasteiger charge is 2.29. The van der Waals surface area contributed by atoms with Gasteiger partial charge in [-0.25, -0.2) is 4.98 Å². The molecule has 128 valence electrons. The van der Waals surface area contributed by atoms with Crippen LogP contribution in [0.25, 0.3) is 11.4 Å². The van der Waals surface area contributed by atoms with Crippen LogP contribution in [0.4, 0.5) is 0 Å². The second-order valence-electron chi connectivity index (χ2n) is 6.48. The summed E-state index contributed by atoms with van der Waals surface area (Å²) < 4.78 is 2.05. The van der Waals surface area contributed by atoms with Gasteiger partial charge in [0.1, 0.15) is 6.33 Å². The molecule has 1 aliphatic rings. The number of aromatic nitrogens is 5. The standard InChI is InChI=1S/C18H20N6O/c1-12-9-13(2)24(22-12)16-7-8-23(10-16)18(25)15-5-3-14(4-6-15)17-19-11-20-21-17/h3-6,9,11,16H,7-8,10H2,1-2H3,(H,19,20,21)/t16-/m1/s1. The van der Waals surface area contributed by atoms with Crippen LogP contribution < -0.4 is 0 Å². The molecule has 1 saturated heterocycles. The minimum atomic E-state index is 0.0631. The van der Waals surface area contributed by atoms with Crippen LogP contribution >= 0.6 is 0 Å². The first kappa shape index (κ1) is 15.6. The van der Waals surface area contributed by atoms with E-state index in [2.05, 4.69) is 38.0 Å². The molecule has 4 rings (SSSR count). The Hall–Kier alpha value is -2.96. The Morgan fingerprint density at radius 2 is 2.04 bits per heavy atom. The number of H-pyrrole nitrogens is 1. The predicted molar refractivity (Wildman–Crippen MR) is 93.1 cm³/mol. The van der Waals surface area contributed by atoms with Gasteiger partial charge in [-0.2, -0.15) is 10.2 Å². The molecule has 0 saturated carbocycles. The van der Waals surface area contributed by atoms with E-state index in [1.165, 1.54) is 6.33 Å². The summed E-state index contributed by atoms with van der Waals surface area (Å²) in [4.78, 5) is 18.8. The molecule has 2 aromatic heterocycles. The highest BCUT2D eigenvalue weighted by atomic mass is 16.2. The second kappa shape index (κ2) is 6.16. The Kier molecular flexibility index (Phi) is 3.83. The molecular formula is C18H20N6O. The molecule has 0 bridgehead atoms. The fourth-order valence-electron chi connectivity index (χ4n) is 3.44. The van der Waals surface area contributed by atoms with Crippen molar-refractivity contribution >= 4 is 5.91 Å². The third-order valence-electron chi connectivity index (χ3n) is 4.66. The molecule has 0 unspecified atom stereocenters. The van der Waals surface area contributed by atoms with E-state index in [0.717, 1.165) is 29.9 Å². The van der Waals surface area contributed by atoms with Crippen LogP contribution in [0, 0.1) is 13.8 Å². The van der Waals surface area contributed by atoms with Crippen molar-refractivity contribution in [2.24, 2.45) is 0 Å². The molecule has 1 atom stereocenters. The van der Waals surface area contributed by atoms with Gasteiger partial charge in [-0.3, -0.25) is 14.6 Å². The molecule has 0 aliphatic carbocycles. The van der Waals surface area contributed by atoms with Crippen molar-refractivity contribution in [2.75, 3.05) is 13.1 Å². The number of carbonyl (C=O) groups is 1. The first-order valence-electron chi connectivity index (χ1n) is 8.39. The average Bonchev–Trinajstić information content (AvgIpc) is 3.35. The number of carbonyl (C=O) groups excluding carboxylic acids is 1. The summed E-state index contributed by atoms with van der Waals surface area (Å²) in [5, 5.41) is 11.2. The maximum absolute atomic E-state index is 12.8. The second-order valence-corrected chi connectivity index (χ2v) is 6.48. The molecule has 3 aromatic rings. The summed E-state index contributed by atoms with van der Waals surface area (Å²) >= 11 is 0. The topological polar surface area (TPSA) is 79.7 Å². The molecule has 1 aromatic carbocycles. The Balaban J connectivity index is 1.47. The van der Waals surface area contributed by atoms with E-state index in [0.29, 0.717) is 17.9 Å². The number of likely N-dealkylation sites (tertiary alicyclic amines) is 1. The van der Waals surface area contributed by atoms with Crippen molar-refractivity contribution in [1.29, 1.82) is 0 Å². The summed E-state index contributed by atoms with van der Waals surface area (Å²) in [6.07, 6.45) is 2.40. The lowest BCUT2D eigenvalue weighted by molar-refractivity contribution is 0.0787. The summed E-state index contributed by atoms with van der Waals surface area (Å²) in [6, 6.07) is 9.80. The number of rotatable bonds is 3. The number of hydrogen-bond acceptors (Lipinski definition) is 4. The van der Waals surface area contributed by atoms with Crippen molar-refractivity contribution in [3.05, 3.63) is 53.6 Å². The minimum absolute atomic E-state index is 0.0631. The lowest BCUT2D eigenvalue weighted by atomic mass is 10.1. The molecule has 7 heteroatoms. The number of benzene rings is 1. The van der Waals surface area contributed by atoms with Crippen LogP contribution in [0.1, 0.15) is 34.2 Å². The minimum Gasteiger partial charge on any atom is -0.336 e. The van der Waals surface area contributed by atoms with E-state index >= 15 is 0 Å². The van der Waals surface area contributed by atoms with Gasteiger partial charge in [0.25, 0.3) is 5.91 Å². The van der Waals surface area contributed by atoms with Crippen molar-refractivity contribution in [2.45, 2.75) is 26.3 Å². The molecule has 3 heterocycles. The summed E-state index contributed by atoms with van der Waals surface area (Å²) in [7, 11) is 0.